The van der Waals surface area contributed by atoms with E-state index in [0.717, 1.165) is 60.5 Å². The standard InChI is InChI=1S/C41H25N3O/c1-2-11-26(12-3-1)30-15-6-7-18-33(30)40-42-39(29-23-24-37-35(25-29)32-17-8-9-20-36(32)45-37)43-41(44-40)34-19-10-14-28-22-21-27-13-4-5-16-31(27)38(28)34/h1-25H. The SMILES string of the molecule is c1ccc(-c2ccccc2-c2nc(-c3ccc4oc5ccccc5c4c3)nc(-c3cccc4ccc5ccccc5c34)n2)cc1. The Balaban J connectivity index is 1.34. The Hall–Kier alpha value is -6.13. The zero-order valence-electron chi connectivity index (χ0n) is 24.2. The summed E-state index contributed by atoms with van der Waals surface area (Å²) in [5.41, 5.74) is 6.71. The molecule has 0 bridgehead atoms. The van der Waals surface area contributed by atoms with Crippen molar-refractivity contribution in [2.45, 2.75) is 0 Å². The second kappa shape index (κ2) is 10.2. The molecule has 4 nitrogen and oxygen atoms in total. The molecule has 0 unspecified atom stereocenters. The van der Waals surface area contributed by atoms with Crippen LogP contribution in [0, 0.1) is 0 Å². The molecule has 7 aromatic carbocycles. The Morgan fingerprint density at radius 2 is 0.978 bits per heavy atom. The highest BCUT2D eigenvalue weighted by Crippen LogP contribution is 2.37. The van der Waals surface area contributed by atoms with Crippen LogP contribution < -0.4 is 0 Å². The molecule has 210 valence electrons. The first-order valence-corrected chi connectivity index (χ1v) is 15.0. The molecule has 0 saturated heterocycles. The lowest BCUT2D eigenvalue weighted by Gasteiger charge is -2.14. The van der Waals surface area contributed by atoms with Crippen LogP contribution in [-0.4, -0.2) is 15.0 Å². The predicted molar refractivity (Wildman–Crippen MR) is 184 cm³/mol. The molecule has 9 rings (SSSR count). The van der Waals surface area contributed by atoms with E-state index < -0.39 is 0 Å². The lowest BCUT2D eigenvalue weighted by atomic mass is 9.97. The van der Waals surface area contributed by atoms with Crippen LogP contribution in [0.5, 0.6) is 0 Å². The quantitative estimate of drug-likeness (QED) is 0.196. The first-order chi connectivity index (χ1) is 22.3. The Kier molecular flexibility index (Phi) is 5.78. The van der Waals surface area contributed by atoms with Gasteiger partial charge in [-0.3, -0.25) is 0 Å². The van der Waals surface area contributed by atoms with Crippen molar-refractivity contribution in [2.24, 2.45) is 0 Å². The smallest absolute Gasteiger partial charge is 0.164 e. The highest BCUT2D eigenvalue weighted by atomic mass is 16.3. The van der Waals surface area contributed by atoms with Gasteiger partial charge in [-0.2, -0.15) is 0 Å². The molecule has 0 spiro atoms. The molecule has 9 aromatic rings. The summed E-state index contributed by atoms with van der Waals surface area (Å²) in [6, 6.07) is 52.2. The molecule has 2 aromatic heterocycles. The number of hydrogen-bond acceptors (Lipinski definition) is 4. The van der Waals surface area contributed by atoms with Crippen LogP contribution in [0.3, 0.4) is 0 Å². The van der Waals surface area contributed by atoms with Crippen LogP contribution in [0.25, 0.3) is 88.8 Å². The van der Waals surface area contributed by atoms with Crippen LogP contribution in [0.2, 0.25) is 0 Å². The van der Waals surface area contributed by atoms with Crippen molar-refractivity contribution in [3.05, 3.63) is 152 Å². The lowest BCUT2D eigenvalue weighted by Crippen LogP contribution is -2.01. The van der Waals surface area contributed by atoms with E-state index in [1.165, 1.54) is 10.8 Å². The van der Waals surface area contributed by atoms with Crippen molar-refractivity contribution >= 4 is 43.5 Å². The molecule has 0 N–H and O–H groups in total. The number of hydrogen-bond donors (Lipinski definition) is 0. The van der Waals surface area contributed by atoms with E-state index in [1.807, 2.05) is 42.5 Å². The van der Waals surface area contributed by atoms with Gasteiger partial charge in [0.2, 0.25) is 0 Å². The molecular formula is C41H25N3O. The number of para-hydroxylation sites is 1. The van der Waals surface area contributed by atoms with Crippen molar-refractivity contribution in [1.82, 2.24) is 15.0 Å². The average molecular weight is 576 g/mol. The van der Waals surface area contributed by atoms with Crippen LogP contribution >= 0.6 is 0 Å². The van der Waals surface area contributed by atoms with Gasteiger partial charge in [-0.25, -0.2) is 15.0 Å². The first kappa shape index (κ1) is 25.4. The van der Waals surface area contributed by atoms with Gasteiger partial charge in [0.1, 0.15) is 11.2 Å². The molecule has 0 amide bonds. The summed E-state index contributed by atoms with van der Waals surface area (Å²) in [4.78, 5) is 15.5. The van der Waals surface area contributed by atoms with E-state index in [-0.39, 0.29) is 0 Å². The number of nitrogens with zero attached hydrogens (tertiary/aromatic N) is 3. The third-order valence-electron chi connectivity index (χ3n) is 8.53. The van der Waals surface area contributed by atoms with Crippen molar-refractivity contribution in [2.75, 3.05) is 0 Å². The summed E-state index contributed by atoms with van der Waals surface area (Å²) in [7, 11) is 0. The fourth-order valence-corrected chi connectivity index (χ4v) is 6.40. The van der Waals surface area contributed by atoms with Crippen molar-refractivity contribution in [3.8, 4) is 45.3 Å². The lowest BCUT2D eigenvalue weighted by molar-refractivity contribution is 0.669. The molecule has 0 aliphatic carbocycles. The fourth-order valence-electron chi connectivity index (χ4n) is 6.40. The van der Waals surface area contributed by atoms with Crippen LogP contribution in [-0.2, 0) is 0 Å². The van der Waals surface area contributed by atoms with Gasteiger partial charge in [0, 0.05) is 32.8 Å². The summed E-state index contributed by atoms with van der Waals surface area (Å²) < 4.78 is 6.13. The van der Waals surface area contributed by atoms with Gasteiger partial charge in [0.15, 0.2) is 17.5 Å². The van der Waals surface area contributed by atoms with Gasteiger partial charge in [0.25, 0.3) is 0 Å². The molecule has 4 heteroatoms. The Morgan fingerprint density at radius 1 is 0.356 bits per heavy atom. The van der Waals surface area contributed by atoms with E-state index >= 15 is 0 Å². The van der Waals surface area contributed by atoms with E-state index in [2.05, 4.69) is 109 Å². The number of furan rings is 1. The van der Waals surface area contributed by atoms with Gasteiger partial charge >= 0.3 is 0 Å². The highest BCUT2D eigenvalue weighted by molar-refractivity contribution is 6.14. The molecule has 0 saturated carbocycles. The molecular weight excluding hydrogens is 550 g/mol. The highest BCUT2D eigenvalue weighted by Gasteiger charge is 2.18. The molecule has 0 fully saturated rings. The average Bonchev–Trinajstić information content (AvgIpc) is 3.49. The summed E-state index contributed by atoms with van der Waals surface area (Å²) in [5, 5.41) is 6.73. The van der Waals surface area contributed by atoms with Gasteiger partial charge in [-0.05, 0) is 51.6 Å². The second-order valence-electron chi connectivity index (χ2n) is 11.2. The third kappa shape index (κ3) is 4.27. The molecule has 2 heterocycles. The second-order valence-corrected chi connectivity index (χ2v) is 11.2. The van der Waals surface area contributed by atoms with Gasteiger partial charge < -0.3 is 4.42 Å². The maximum absolute atomic E-state index is 6.13. The van der Waals surface area contributed by atoms with Crippen molar-refractivity contribution in [3.63, 3.8) is 0 Å². The van der Waals surface area contributed by atoms with Gasteiger partial charge in [-0.15, -0.1) is 0 Å². The van der Waals surface area contributed by atoms with E-state index in [4.69, 9.17) is 19.4 Å². The predicted octanol–water partition coefficient (Wildman–Crippen LogP) is 10.7. The number of rotatable bonds is 4. The maximum Gasteiger partial charge on any atom is 0.164 e. The van der Waals surface area contributed by atoms with Crippen molar-refractivity contribution < 1.29 is 4.42 Å². The van der Waals surface area contributed by atoms with Gasteiger partial charge in [0.05, 0.1) is 0 Å². The molecule has 0 aliphatic heterocycles. The minimum absolute atomic E-state index is 0.613. The Labute approximate surface area is 259 Å². The fraction of sp³-hybridized carbons (Fsp3) is 0. The van der Waals surface area contributed by atoms with Crippen LogP contribution in [0.1, 0.15) is 0 Å². The minimum atomic E-state index is 0.613. The number of benzene rings is 7. The van der Waals surface area contributed by atoms with E-state index in [1.54, 1.807) is 0 Å². The largest absolute Gasteiger partial charge is 0.456 e. The zero-order valence-corrected chi connectivity index (χ0v) is 24.2. The zero-order chi connectivity index (χ0) is 29.7. The number of fused-ring (bicyclic) bond motifs is 6. The van der Waals surface area contributed by atoms with E-state index in [9.17, 15) is 0 Å². The maximum atomic E-state index is 6.13. The molecule has 0 aliphatic rings. The monoisotopic (exact) mass is 575 g/mol. The minimum Gasteiger partial charge on any atom is -0.456 e. The van der Waals surface area contributed by atoms with Crippen LogP contribution in [0.4, 0.5) is 0 Å². The Morgan fingerprint density at radius 3 is 1.87 bits per heavy atom. The summed E-state index contributed by atoms with van der Waals surface area (Å²) in [6.07, 6.45) is 0. The normalized spacial score (nSPS) is 11.6. The van der Waals surface area contributed by atoms with Crippen LogP contribution in [0.15, 0.2) is 156 Å². The van der Waals surface area contributed by atoms with Crippen molar-refractivity contribution in [1.29, 1.82) is 0 Å². The summed E-state index contributed by atoms with van der Waals surface area (Å²) in [5.74, 6) is 1.88. The summed E-state index contributed by atoms with van der Waals surface area (Å²) >= 11 is 0. The number of aromatic nitrogens is 3. The molecule has 45 heavy (non-hydrogen) atoms. The van der Waals surface area contributed by atoms with E-state index in [0.29, 0.717) is 17.5 Å². The third-order valence-corrected chi connectivity index (χ3v) is 8.53. The molecule has 0 atom stereocenters. The topological polar surface area (TPSA) is 51.8 Å². The first-order valence-electron chi connectivity index (χ1n) is 15.0. The Bertz CT molecular complexity index is 2550. The molecule has 0 radical (unpaired) electrons. The summed E-state index contributed by atoms with van der Waals surface area (Å²) in [6.45, 7) is 0. The van der Waals surface area contributed by atoms with Gasteiger partial charge in [-0.1, -0.05) is 127 Å².